The number of esters is 1. The lowest BCUT2D eigenvalue weighted by Crippen LogP contribution is -2.27. The Labute approximate surface area is 198 Å². The molecule has 0 spiro atoms. The maximum atomic E-state index is 13.0. The van der Waals surface area contributed by atoms with Gasteiger partial charge in [0.05, 0.1) is 15.5 Å². The van der Waals surface area contributed by atoms with E-state index in [4.69, 9.17) is 16.3 Å². The molecule has 3 aromatic carbocycles. The number of benzene rings is 3. The molecule has 7 nitrogen and oxygen atoms in total. The van der Waals surface area contributed by atoms with Crippen molar-refractivity contribution in [3.63, 3.8) is 0 Å². The van der Waals surface area contributed by atoms with Gasteiger partial charge in [0.2, 0.25) is 10.0 Å². The first-order chi connectivity index (χ1) is 15.7. The van der Waals surface area contributed by atoms with Gasteiger partial charge >= 0.3 is 5.97 Å². The number of rotatable bonds is 8. The number of carbonyl (C=O) groups excluding carboxylic acids is 2. The monoisotopic (exact) mass is 486 g/mol. The van der Waals surface area contributed by atoms with E-state index >= 15 is 0 Å². The van der Waals surface area contributed by atoms with Gasteiger partial charge in [-0.2, -0.15) is 4.31 Å². The lowest BCUT2D eigenvalue weighted by molar-refractivity contribution is -0.119. The minimum atomic E-state index is -3.90. The van der Waals surface area contributed by atoms with Crippen molar-refractivity contribution < 1.29 is 22.7 Å². The van der Waals surface area contributed by atoms with Crippen LogP contribution in [-0.4, -0.2) is 38.3 Å². The van der Waals surface area contributed by atoms with Crippen LogP contribution in [0, 0.1) is 6.92 Å². The summed E-state index contributed by atoms with van der Waals surface area (Å²) >= 11 is 6.10. The zero-order valence-electron chi connectivity index (χ0n) is 18.1. The molecular formula is C24H23ClN2O5S. The molecule has 3 rings (SSSR count). The van der Waals surface area contributed by atoms with Crippen molar-refractivity contribution in [1.82, 2.24) is 4.31 Å². The summed E-state index contributed by atoms with van der Waals surface area (Å²) in [4.78, 5) is 24.5. The van der Waals surface area contributed by atoms with Crippen molar-refractivity contribution in [2.75, 3.05) is 19.0 Å². The first-order valence-corrected chi connectivity index (χ1v) is 11.8. The predicted molar refractivity (Wildman–Crippen MR) is 127 cm³/mol. The van der Waals surface area contributed by atoms with Crippen molar-refractivity contribution in [2.24, 2.45) is 0 Å². The number of hydrogen-bond acceptors (Lipinski definition) is 5. The zero-order valence-corrected chi connectivity index (χ0v) is 19.7. The van der Waals surface area contributed by atoms with Crippen LogP contribution >= 0.6 is 11.6 Å². The van der Waals surface area contributed by atoms with Gasteiger partial charge in [0, 0.05) is 19.3 Å². The highest BCUT2D eigenvalue weighted by Crippen LogP contribution is 2.24. The van der Waals surface area contributed by atoms with Gasteiger partial charge in [-0.15, -0.1) is 0 Å². The Morgan fingerprint density at radius 1 is 1.00 bits per heavy atom. The molecule has 0 fully saturated rings. The Bertz CT molecular complexity index is 1260. The van der Waals surface area contributed by atoms with E-state index in [0.29, 0.717) is 5.69 Å². The van der Waals surface area contributed by atoms with Gasteiger partial charge in [-0.25, -0.2) is 13.2 Å². The van der Waals surface area contributed by atoms with Crippen molar-refractivity contribution in [3.8, 4) is 0 Å². The summed E-state index contributed by atoms with van der Waals surface area (Å²) in [5, 5.41) is 2.64. The van der Waals surface area contributed by atoms with Gasteiger partial charge in [-0.3, -0.25) is 4.79 Å². The molecule has 0 radical (unpaired) electrons. The number of nitrogens with one attached hydrogen (secondary N) is 1. The van der Waals surface area contributed by atoms with E-state index in [1.807, 2.05) is 43.3 Å². The highest BCUT2D eigenvalue weighted by molar-refractivity contribution is 7.89. The number of ether oxygens (including phenoxy) is 1. The summed E-state index contributed by atoms with van der Waals surface area (Å²) in [6.45, 7) is 1.49. The lowest BCUT2D eigenvalue weighted by Gasteiger charge is -2.18. The molecule has 0 aromatic heterocycles. The molecule has 0 unspecified atom stereocenters. The van der Waals surface area contributed by atoms with Crippen molar-refractivity contribution in [1.29, 1.82) is 0 Å². The number of sulfonamides is 1. The Balaban J connectivity index is 1.69. The van der Waals surface area contributed by atoms with E-state index in [0.717, 1.165) is 17.2 Å². The van der Waals surface area contributed by atoms with Crippen LogP contribution in [0.1, 0.15) is 21.5 Å². The van der Waals surface area contributed by atoms with E-state index in [2.05, 4.69) is 5.32 Å². The summed E-state index contributed by atoms with van der Waals surface area (Å²) in [6.07, 6.45) is 0. The van der Waals surface area contributed by atoms with Gasteiger partial charge in [-0.05, 0) is 48.4 Å². The molecule has 1 amide bonds. The van der Waals surface area contributed by atoms with Gasteiger partial charge in [0.15, 0.2) is 6.61 Å². The molecule has 172 valence electrons. The highest BCUT2D eigenvalue weighted by atomic mass is 35.5. The molecule has 0 saturated carbocycles. The van der Waals surface area contributed by atoms with Gasteiger partial charge in [0.1, 0.15) is 0 Å². The second kappa shape index (κ2) is 10.6. The Morgan fingerprint density at radius 3 is 2.42 bits per heavy atom. The fourth-order valence-corrected chi connectivity index (χ4v) is 4.44. The highest BCUT2D eigenvalue weighted by Gasteiger charge is 2.24. The number of anilines is 1. The average Bonchev–Trinajstić information content (AvgIpc) is 2.78. The summed E-state index contributed by atoms with van der Waals surface area (Å²) in [5.41, 5.74) is 2.21. The molecule has 1 N–H and O–H groups in total. The predicted octanol–water partition coefficient (Wildman–Crippen LogP) is 4.26. The topological polar surface area (TPSA) is 92.8 Å². The summed E-state index contributed by atoms with van der Waals surface area (Å²) in [6, 6.07) is 20.1. The molecule has 33 heavy (non-hydrogen) atoms. The van der Waals surface area contributed by atoms with Crippen LogP contribution < -0.4 is 5.32 Å². The van der Waals surface area contributed by atoms with Crippen LogP contribution in [-0.2, 0) is 26.1 Å². The van der Waals surface area contributed by atoms with Gasteiger partial charge in [0.25, 0.3) is 5.91 Å². The standard InChI is InChI=1S/C24H23ClN2O5S/c1-17-7-6-10-19(13-17)26-23(28)16-32-24(29)21-14-20(11-12-22(21)25)33(30,31)27(2)15-18-8-4-3-5-9-18/h3-14H,15-16H2,1-2H3,(H,26,28). The average molecular weight is 487 g/mol. The second-order valence-electron chi connectivity index (χ2n) is 7.38. The van der Waals surface area contributed by atoms with Crippen LogP contribution in [0.2, 0.25) is 5.02 Å². The van der Waals surface area contributed by atoms with Gasteiger partial charge < -0.3 is 10.1 Å². The molecule has 3 aromatic rings. The SMILES string of the molecule is Cc1cccc(NC(=O)COC(=O)c2cc(S(=O)(=O)N(C)Cc3ccccc3)ccc2Cl)c1. The van der Waals surface area contributed by atoms with E-state index in [9.17, 15) is 18.0 Å². The largest absolute Gasteiger partial charge is 0.452 e. The van der Waals surface area contributed by atoms with E-state index < -0.39 is 28.5 Å². The normalized spacial score (nSPS) is 11.3. The number of aryl methyl sites for hydroxylation is 1. The molecule has 0 aliphatic carbocycles. The maximum absolute atomic E-state index is 13.0. The molecule has 0 atom stereocenters. The number of amides is 1. The number of carbonyl (C=O) groups is 2. The minimum absolute atomic E-state index is 0.0174. The number of halogens is 1. The van der Waals surface area contributed by atoms with E-state index in [1.165, 1.54) is 23.5 Å². The summed E-state index contributed by atoms with van der Waals surface area (Å²) in [5.74, 6) is -1.43. The summed E-state index contributed by atoms with van der Waals surface area (Å²) < 4.78 is 32.2. The molecule has 0 saturated heterocycles. The number of nitrogens with zero attached hydrogens (tertiary/aromatic N) is 1. The lowest BCUT2D eigenvalue weighted by atomic mass is 10.2. The Hall–Kier alpha value is -3.20. The first-order valence-electron chi connectivity index (χ1n) is 10.0. The minimum Gasteiger partial charge on any atom is -0.452 e. The molecule has 0 bridgehead atoms. The number of hydrogen-bond donors (Lipinski definition) is 1. The molecule has 0 heterocycles. The third-order valence-electron chi connectivity index (χ3n) is 4.75. The smallest absolute Gasteiger partial charge is 0.340 e. The third kappa shape index (κ3) is 6.41. The van der Waals surface area contributed by atoms with E-state index in [-0.39, 0.29) is 22.0 Å². The first kappa shape index (κ1) is 24.4. The summed E-state index contributed by atoms with van der Waals surface area (Å²) in [7, 11) is -2.45. The zero-order chi connectivity index (χ0) is 24.0. The fraction of sp³-hybridized carbons (Fsp3) is 0.167. The van der Waals surface area contributed by atoms with Crippen molar-refractivity contribution in [3.05, 3.63) is 94.5 Å². The fourth-order valence-electron chi connectivity index (χ4n) is 3.06. The third-order valence-corrected chi connectivity index (χ3v) is 6.88. The van der Waals surface area contributed by atoms with Crippen LogP contribution in [0.3, 0.4) is 0 Å². The van der Waals surface area contributed by atoms with Gasteiger partial charge in [-0.1, -0.05) is 54.1 Å². The molecule has 9 heteroatoms. The maximum Gasteiger partial charge on any atom is 0.340 e. The second-order valence-corrected chi connectivity index (χ2v) is 9.83. The van der Waals surface area contributed by atoms with Crippen LogP contribution in [0.4, 0.5) is 5.69 Å². The van der Waals surface area contributed by atoms with Crippen LogP contribution in [0.5, 0.6) is 0 Å². The van der Waals surface area contributed by atoms with Crippen molar-refractivity contribution >= 4 is 39.2 Å². The van der Waals surface area contributed by atoms with E-state index in [1.54, 1.807) is 18.2 Å². The molecule has 0 aliphatic rings. The molecule has 0 aliphatic heterocycles. The van der Waals surface area contributed by atoms with Crippen LogP contribution in [0.25, 0.3) is 0 Å². The van der Waals surface area contributed by atoms with Crippen molar-refractivity contribution in [2.45, 2.75) is 18.4 Å². The Kier molecular flexibility index (Phi) is 7.86. The quantitative estimate of drug-likeness (QED) is 0.480. The molecular weight excluding hydrogens is 464 g/mol. The Morgan fingerprint density at radius 2 is 1.73 bits per heavy atom. The van der Waals surface area contributed by atoms with Crippen LogP contribution in [0.15, 0.2) is 77.7 Å².